The molecule has 4 aromatic rings. The molecule has 7 nitrogen and oxygen atoms in total. The molecular formula is C25H19N3O4. The Morgan fingerprint density at radius 3 is 2.75 bits per heavy atom. The van der Waals surface area contributed by atoms with Crippen molar-refractivity contribution in [3.63, 3.8) is 0 Å². The highest BCUT2D eigenvalue weighted by atomic mass is 16.7. The lowest BCUT2D eigenvalue weighted by Crippen LogP contribution is -2.46. The summed E-state index contributed by atoms with van der Waals surface area (Å²) in [6.07, 6.45) is 3.63. The number of nitrogens with zero attached hydrogens (tertiary/aromatic N) is 3. The van der Waals surface area contributed by atoms with Crippen molar-refractivity contribution in [2.45, 2.75) is 25.4 Å². The molecule has 0 radical (unpaired) electrons. The number of para-hydroxylation sites is 1. The quantitative estimate of drug-likeness (QED) is 0.485. The molecule has 2 aromatic heterocycles. The van der Waals surface area contributed by atoms with Crippen LogP contribution >= 0.6 is 0 Å². The van der Waals surface area contributed by atoms with Gasteiger partial charge in [0.25, 0.3) is 0 Å². The monoisotopic (exact) mass is 425 g/mol. The van der Waals surface area contributed by atoms with E-state index >= 15 is 0 Å². The van der Waals surface area contributed by atoms with Crippen LogP contribution in [0.25, 0.3) is 11.3 Å². The van der Waals surface area contributed by atoms with Gasteiger partial charge in [0, 0.05) is 17.8 Å². The maximum Gasteiger partial charge on any atom is 0.244 e. The predicted octanol–water partition coefficient (Wildman–Crippen LogP) is 4.03. The first-order valence-electron chi connectivity index (χ1n) is 10.6. The van der Waals surface area contributed by atoms with Gasteiger partial charge in [0.2, 0.25) is 12.7 Å². The molecule has 0 aliphatic carbocycles. The maximum absolute atomic E-state index is 14.3. The van der Waals surface area contributed by atoms with Crippen LogP contribution in [0.4, 0.5) is 5.69 Å². The standard InChI is InChI=1S/C25H19N3O4/c1-15-6-7-16(32-15)11-28-20-5-3-2-4-18(20)25(24(28)29)12-27-13-26-10-21(27)17-8-22-23(9-19(17)25)31-14-30-22/h2-10,13H,11-12,14H2,1H3. The molecule has 32 heavy (non-hydrogen) atoms. The summed E-state index contributed by atoms with van der Waals surface area (Å²) in [4.78, 5) is 20.5. The van der Waals surface area contributed by atoms with Gasteiger partial charge in [0.15, 0.2) is 11.5 Å². The van der Waals surface area contributed by atoms with Gasteiger partial charge in [-0.3, -0.25) is 4.79 Å². The van der Waals surface area contributed by atoms with E-state index in [2.05, 4.69) is 15.6 Å². The van der Waals surface area contributed by atoms with E-state index in [4.69, 9.17) is 13.9 Å². The number of aromatic nitrogens is 2. The van der Waals surface area contributed by atoms with Gasteiger partial charge in [-0.05, 0) is 48.4 Å². The lowest BCUT2D eigenvalue weighted by Gasteiger charge is -2.36. The number of furan rings is 1. The Balaban J connectivity index is 1.48. The Morgan fingerprint density at radius 2 is 1.91 bits per heavy atom. The third kappa shape index (κ3) is 2.15. The second-order valence-corrected chi connectivity index (χ2v) is 8.48. The van der Waals surface area contributed by atoms with E-state index in [0.717, 1.165) is 39.6 Å². The number of benzene rings is 2. The predicted molar refractivity (Wildman–Crippen MR) is 116 cm³/mol. The number of imidazole rings is 1. The first-order chi connectivity index (χ1) is 15.6. The third-order valence-corrected chi connectivity index (χ3v) is 6.74. The summed E-state index contributed by atoms with van der Waals surface area (Å²) in [5.74, 6) is 2.96. The number of ether oxygens (including phenoxy) is 2. The van der Waals surface area contributed by atoms with Gasteiger partial charge < -0.3 is 23.4 Å². The molecule has 0 saturated heterocycles. The minimum absolute atomic E-state index is 0.0206. The van der Waals surface area contributed by atoms with E-state index < -0.39 is 5.41 Å². The summed E-state index contributed by atoms with van der Waals surface area (Å²) in [7, 11) is 0. The summed E-state index contributed by atoms with van der Waals surface area (Å²) in [5.41, 5.74) is 3.82. The maximum atomic E-state index is 14.3. The molecule has 0 bridgehead atoms. The van der Waals surface area contributed by atoms with Crippen molar-refractivity contribution in [1.29, 1.82) is 0 Å². The molecule has 0 saturated carbocycles. The summed E-state index contributed by atoms with van der Waals surface area (Å²) in [5, 5.41) is 0. The van der Waals surface area contributed by atoms with Crippen molar-refractivity contribution >= 4 is 11.6 Å². The zero-order valence-electron chi connectivity index (χ0n) is 17.4. The Morgan fingerprint density at radius 1 is 1.06 bits per heavy atom. The zero-order chi connectivity index (χ0) is 21.4. The van der Waals surface area contributed by atoms with E-state index in [-0.39, 0.29) is 12.7 Å². The van der Waals surface area contributed by atoms with E-state index in [0.29, 0.717) is 24.6 Å². The van der Waals surface area contributed by atoms with Gasteiger partial charge in [-0.1, -0.05) is 18.2 Å². The van der Waals surface area contributed by atoms with Crippen molar-refractivity contribution in [3.8, 4) is 22.8 Å². The van der Waals surface area contributed by atoms with Gasteiger partial charge in [-0.25, -0.2) is 4.98 Å². The van der Waals surface area contributed by atoms with E-state index in [1.165, 1.54) is 0 Å². The highest BCUT2D eigenvalue weighted by Crippen LogP contribution is 2.55. The van der Waals surface area contributed by atoms with Crippen LogP contribution in [0.15, 0.2) is 65.5 Å². The lowest BCUT2D eigenvalue weighted by molar-refractivity contribution is -0.122. The van der Waals surface area contributed by atoms with Crippen molar-refractivity contribution in [2.24, 2.45) is 0 Å². The van der Waals surface area contributed by atoms with Crippen LogP contribution < -0.4 is 14.4 Å². The number of anilines is 1. The number of aryl methyl sites for hydroxylation is 1. The Bertz CT molecular complexity index is 1420. The van der Waals surface area contributed by atoms with Crippen LogP contribution in [0.5, 0.6) is 11.5 Å². The van der Waals surface area contributed by atoms with Crippen LogP contribution in [-0.2, 0) is 23.3 Å². The van der Waals surface area contributed by atoms with Gasteiger partial charge in [-0.2, -0.15) is 0 Å². The molecule has 0 fully saturated rings. The summed E-state index contributed by atoms with van der Waals surface area (Å²) in [6.45, 7) is 2.94. The highest BCUT2D eigenvalue weighted by molar-refractivity contribution is 6.11. The van der Waals surface area contributed by atoms with E-state index in [1.807, 2.05) is 60.5 Å². The fourth-order valence-corrected chi connectivity index (χ4v) is 5.34. The average molecular weight is 425 g/mol. The molecule has 2 aromatic carbocycles. The van der Waals surface area contributed by atoms with Gasteiger partial charge in [-0.15, -0.1) is 0 Å². The number of rotatable bonds is 2. The molecule has 1 spiro atoms. The third-order valence-electron chi connectivity index (χ3n) is 6.74. The lowest BCUT2D eigenvalue weighted by atomic mass is 9.71. The zero-order valence-corrected chi connectivity index (χ0v) is 17.4. The van der Waals surface area contributed by atoms with Crippen molar-refractivity contribution in [3.05, 3.63) is 83.7 Å². The highest BCUT2D eigenvalue weighted by Gasteiger charge is 2.55. The largest absolute Gasteiger partial charge is 0.464 e. The molecule has 1 amide bonds. The minimum Gasteiger partial charge on any atom is -0.464 e. The van der Waals surface area contributed by atoms with Crippen LogP contribution in [0.2, 0.25) is 0 Å². The Hall–Kier alpha value is -4.00. The van der Waals surface area contributed by atoms with E-state index in [1.54, 1.807) is 6.33 Å². The average Bonchev–Trinajstić information content (AvgIpc) is 3.58. The number of hydrogen-bond acceptors (Lipinski definition) is 5. The van der Waals surface area contributed by atoms with Gasteiger partial charge >= 0.3 is 0 Å². The van der Waals surface area contributed by atoms with Crippen molar-refractivity contribution in [2.75, 3.05) is 11.7 Å². The number of fused-ring (bicyclic) bond motifs is 7. The molecule has 1 unspecified atom stereocenters. The fraction of sp³-hybridized carbons (Fsp3) is 0.200. The second kappa shape index (κ2) is 6.03. The molecule has 3 aliphatic heterocycles. The smallest absolute Gasteiger partial charge is 0.244 e. The molecule has 158 valence electrons. The van der Waals surface area contributed by atoms with Crippen LogP contribution in [0.3, 0.4) is 0 Å². The first-order valence-corrected chi connectivity index (χ1v) is 10.6. The Labute approximate surface area is 183 Å². The second-order valence-electron chi connectivity index (χ2n) is 8.48. The van der Waals surface area contributed by atoms with Crippen LogP contribution in [0.1, 0.15) is 22.6 Å². The number of carbonyl (C=O) groups is 1. The van der Waals surface area contributed by atoms with Crippen molar-refractivity contribution < 1.29 is 18.7 Å². The fourth-order valence-electron chi connectivity index (χ4n) is 5.34. The molecular weight excluding hydrogens is 406 g/mol. The SMILES string of the molecule is Cc1ccc(CN2C(=O)C3(Cn4cncc4-c4cc5c(cc43)OCO5)c3ccccc32)o1. The molecule has 5 heterocycles. The summed E-state index contributed by atoms with van der Waals surface area (Å²) >= 11 is 0. The van der Waals surface area contributed by atoms with E-state index in [9.17, 15) is 4.79 Å². The van der Waals surface area contributed by atoms with Gasteiger partial charge in [0.1, 0.15) is 16.9 Å². The minimum atomic E-state index is -0.887. The molecule has 7 heteroatoms. The van der Waals surface area contributed by atoms with Crippen LogP contribution in [-0.4, -0.2) is 22.3 Å². The van der Waals surface area contributed by atoms with Crippen molar-refractivity contribution in [1.82, 2.24) is 9.55 Å². The summed E-state index contributed by atoms with van der Waals surface area (Å²) in [6, 6.07) is 15.8. The molecule has 0 N–H and O–H groups in total. The Kier molecular flexibility index (Phi) is 3.33. The number of hydrogen-bond donors (Lipinski definition) is 0. The topological polar surface area (TPSA) is 69.7 Å². The number of carbonyl (C=O) groups excluding carboxylic acids is 1. The molecule has 3 aliphatic rings. The molecule has 7 rings (SSSR count). The normalized spacial score (nSPS) is 19.9. The first kappa shape index (κ1) is 17.7. The number of amides is 1. The van der Waals surface area contributed by atoms with Gasteiger partial charge in [0.05, 0.1) is 24.8 Å². The molecule has 1 atom stereocenters. The van der Waals surface area contributed by atoms with Crippen LogP contribution in [0, 0.1) is 6.92 Å². The summed E-state index contributed by atoms with van der Waals surface area (Å²) < 4.78 is 19.2.